The van der Waals surface area contributed by atoms with Crippen LogP contribution in [0.4, 0.5) is 0 Å². The SMILES string of the molecule is Cc1cc(CNC(C)c2ccccc2)on1. The van der Waals surface area contributed by atoms with E-state index in [4.69, 9.17) is 4.52 Å². The van der Waals surface area contributed by atoms with Gasteiger partial charge in [-0.05, 0) is 19.4 Å². The Morgan fingerprint density at radius 2 is 2.06 bits per heavy atom. The Hall–Kier alpha value is -1.61. The lowest BCUT2D eigenvalue weighted by atomic mass is 10.1. The summed E-state index contributed by atoms with van der Waals surface area (Å²) in [6, 6.07) is 12.6. The van der Waals surface area contributed by atoms with Gasteiger partial charge in [0.1, 0.15) is 0 Å². The third kappa shape index (κ3) is 2.70. The van der Waals surface area contributed by atoms with E-state index >= 15 is 0 Å². The van der Waals surface area contributed by atoms with Crippen LogP contribution in [0.2, 0.25) is 0 Å². The molecule has 1 atom stereocenters. The molecule has 2 aromatic rings. The highest BCUT2D eigenvalue weighted by atomic mass is 16.5. The Morgan fingerprint density at radius 1 is 1.31 bits per heavy atom. The highest BCUT2D eigenvalue weighted by Crippen LogP contribution is 2.12. The molecular weight excluding hydrogens is 200 g/mol. The third-order valence-corrected chi connectivity index (χ3v) is 2.56. The molecule has 0 amide bonds. The number of nitrogens with zero attached hydrogens (tertiary/aromatic N) is 1. The van der Waals surface area contributed by atoms with E-state index in [1.807, 2.05) is 31.2 Å². The maximum absolute atomic E-state index is 5.14. The van der Waals surface area contributed by atoms with Crippen molar-refractivity contribution in [3.05, 3.63) is 53.4 Å². The monoisotopic (exact) mass is 216 g/mol. The molecule has 0 aliphatic heterocycles. The maximum atomic E-state index is 5.14. The van der Waals surface area contributed by atoms with E-state index < -0.39 is 0 Å². The van der Waals surface area contributed by atoms with Gasteiger partial charge in [-0.3, -0.25) is 0 Å². The second-order valence-electron chi connectivity index (χ2n) is 3.95. The first kappa shape index (κ1) is 10.9. The smallest absolute Gasteiger partial charge is 0.150 e. The highest BCUT2D eigenvalue weighted by molar-refractivity contribution is 5.18. The predicted octanol–water partition coefficient (Wildman–Crippen LogP) is 2.83. The zero-order valence-electron chi connectivity index (χ0n) is 9.60. The zero-order valence-corrected chi connectivity index (χ0v) is 9.60. The predicted molar refractivity (Wildman–Crippen MR) is 62.9 cm³/mol. The van der Waals surface area contributed by atoms with Gasteiger partial charge in [0, 0.05) is 12.1 Å². The Bertz CT molecular complexity index is 436. The highest BCUT2D eigenvalue weighted by Gasteiger charge is 2.06. The van der Waals surface area contributed by atoms with Crippen LogP contribution in [0.5, 0.6) is 0 Å². The largest absolute Gasteiger partial charge is 0.360 e. The molecule has 0 spiro atoms. The second kappa shape index (κ2) is 4.94. The van der Waals surface area contributed by atoms with Crippen LogP contribution in [0.25, 0.3) is 0 Å². The number of aryl methyl sites for hydroxylation is 1. The van der Waals surface area contributed by atoms with Crippen molar-refractivity contribution in [2.45, 2.75) is 26.4 Å². The first-order valence-electron chi connectivity index (χ1n) is 5.46. The first-order chi connectivity index (χ1) is 7.75. The molecule has 0 aliphatic carbocycles. The standard InChI is InChI=1S/C13H16N2O/c1-10-8-13(16-15-10)9-14-11(2)12-6-4-3-5-7-12/h3-8,11,14H,9H2,1-2H3. The van der Waals surface area contributed by atoms with E-state index in [0.717, 1.165) is 11.5 Å². The molecule has 0 radical (unpaired) electrons. The fourth-order valence-electron chi connectivity index (χ4n) is 1.61. The molecule has 1 aromatic heterocycles. The molecule has 16 heavy (non-hydrogen) atoms. The summed E-state index contributed by atoms with van der Waals surface area (Å²) in [5.74, 6) is 0.875. The Labute approximate surface area is 95.5 Å². The van der Waals surface area contributed by atoms with Crippen molar-refractivity contribution in [3.8, 4) is 0 Å². The minimum Gasteiger partial charge on any atom is -0.360 e. The molecule has 0 saturated heterocycles. The lowest BCUT2D eigenvalue weighted by Crippen LogP contribution is -2.17. The van der Waals surface area contributed by atoms with E-state index in [-0.39, 0.29) is 0 Å². The van der Waals surface area contributed by atoms with Gasteiger partial charge in [0.05, 0.1) is 12.2 Å². The molecule has 0 aliphatic rings. The molecule has 3 heteroatoms. The zero-order chi connectivity index (χ0) is 11.4. The molecule has 1 N–H and O–H groups in total. The average Bonchev–Trinajstić information content (AvgIpc) is 2.73. The molecule has 0 saturated carbocycles. The average molecular weight is 216 g/mol. The number of nitrogens with one attached hydrogen (secondary N) is 1. The summed E-state index contributed by atoms with van der Waals surface area (Å²) in [4.78, 5) is 0. The molecule has 1 aromatic carbocycles. The van der Waals surface area contributed by atoms with Gasteiger partial charge in [-0.2, -0.15) is 0 Å². The molecular formula is C13H16N2O. The van der Waals surface area contributed by atoms with E-state index in [2.05, 4.69) is 29.5 Å². The van der Waals surface area contributed by atoms with Gasteiger partial charge in [-0.25, -0.2) is 0 Å². The fourth-order valence-corrected chi connectivity index (χ4v) is 1.61. The van der Waals surface area contributed by atoms with Crippen molar-refractivity contribution in [1.82, 2.24) is 10.5 Å². The maximum Gasteiger partial charge on any atom is 0.150 e. The topological polar surface area (TPSA) is 38.1 Å². The first-order valence-corrected chi connectivity index (χ1v) is 5.46. The second-order valence-corrected chi connectivity index (χ2v) is 3.95. The quantitative estimate of drug-likeness (QED) is 0.854. The van der Waals surface area contributed by atoms with Gasteiger partial charge >= 0.3 is 0 Å². The Balaban J connectivity index is 1.91. The molecule has 1 heterocycles. The van der Waals surface area contributed by atoms with Gasteiger partial charge in [0.15, 0.2) is 5.76 Å². The summed E-state index contributed by atoms with van der Waals surface area (Å²) in [6.07, 6.45) is 0. The number of hydrogen-bond acceptors (Lipinski definition) is 3. The Kier molecular flexibility index (Phi) is 3.37. The fraction of sp³-hybridized carbons (Fsp3) is 0.308. The van der Waals surface area contributed by atoms with Crippen molar-refractivity contribution < 1.29 is 4.52 Å². The lowest BCUT2D eigenvalue weighted by molar-refractivity contribution is 0.363. The molecule has 3 nitrogen and oxygen atoms in total. The van der Waals surface area contributed by atoms with Crippen molar-refractivity contribution in [2.24, 2.45) is 0 Å². The van der Waals surface area contributed by atoms with Gasteiger partial charge in [0.2, 0.25) is 0 Å². The number of benzene rings is 1. The lowest BCUT2D eigenvalue weighted by Gasteiger charge is -2.12. The number of rotatable bonds is 4. The molecule has 0 fully saturated rings. The van der Waals surface area contributed by atoms with E-state index in [9.17, 15) is 0 Å². The van der Waals surface area contributed by atoms with Crippen LogP contribution in [-0.4, -0.2) is 5.16 Å². The van der Waals surface area contributed by atoms with Crippen LogP contribution < -0.4 is 5.32 Å². The summed E-state index contributed by atoms with van der Waals surface area (Å²) in [6.45, 7) is 4.77. The third-order valence-electron chi connectivity index (χ3n) is 2.56. The number of aromatic nitrogens is 1. The van der Waals surface area contributed by atoms with Crippen LogP contribution in [0.3, 0.4) is 0 Å². The van der Waals surface area contributed by atoms with Gasteiger partial charge in [0.25, 0.3) is 0 Å². The van der Waals surface area contributed by atoms with Gasteiger partial charge in [-0.1, -0.05) is 35.5 Å². The summed E-state index contributed by atoms with van der Waals surface area (Å²) < 4.78 is 5.14. The van der Waals surface area contributed by atoms with Crippen LogP contribution in [0.15, 0.2) is 40.9 Å². The van der Waals surface area contributed by atoms with E-state index in [1.165, 1.54) is 5.56 Å². The molecule has 2 rings (SSSR count). The van der Waals surface area contributed by atoms with E-state index in [1.54, 1.807) is 0 Å². The van der Waals surface area contributed by atoms with Crippen molar-refractivity contribution in [3.63, 3.8) is 0 Å². The summed E-state index contributed by atoms with van der Waals surface area (Å²) in [5.41, 5.74) is 2.20. The minimum absolute atomic E-state index is 0.312. The van der Waals surface area contributed by atoms with Gasteiger partial charge < -0.3 is 9.84 Å². The summed E-state index contributed by atoms with van der Waals surface area (Å²) >= 11 is 0. The van der Waals surface area contributed by atoms with Gasteiger partial charge in [-0.15, -0.1) is 0 Å². The minimum atomic E-state index is 0.312. The van der Waals surface area contributed by atoms with Crippen molar-refractivity contribution >= 4 is 0 Å². The van der Waals surface area contributed by atoms with E-state index in [0.29, 0.717) is 12.6 Å². The number of hydrogen-bond donors (Lipinski definition) is 1. The molecule has 84 valence electrons. The normalized spacial score (nSPS) is 12.6. The Morgan fingerprint density at radius 3 is 2.69 bits per heavy atom. The van der Waals surface area contributed by atoms with Crippen LogP contribution in [-0.2, 0) is 6.54 Å². The van der Waals surface area contributed by atoms with Crippen LogP contribution in [0, 0.1) is 6.92 Å². The molecule has 0 bridgehead atoms. The van der Waals surface area contributed by atoms with Crippen molar-refractivity contribution in [2.75, 3.05) is 0 Å². The summed E-state index contributed by atoms with van der Waals surface area (Å²) in [7, 11) is 0. The molecule has 1 unspecified atom stereocenters. The van der Waals surface area contributed by atoms with Crippen molar-refractivity contribution in [1.29, 1.82) is 0 Å². The summed E-state index contributed by atoms with van der Waals surface area (Å²) in [5, 5.41) is 7.25. The van der Waals surface area contributed by atoms with Crippen LogP contribution >= 0.6 is 0 Å². The van der Waals surface area contributed by atoms with Crippen LogP contribution in [0.1, 0.15) is 30.0 Å².